The summed E-state index contributed by atoms with van der Waals surface area (Å²) < 4.78 is 27.1. The van der Waals surface area contributed by atoms with Crippen LogP contribution in [0.25, 0.3) is 0 Å². The first-order valence-electron chi connectivity index (χ1n) is 8.41. The molecule has 2 heterocycles. The van der Waals surface area contributed by atoms with Gasteiger partial charge in [-0.3, -0.25) is 9.98 Å². The van der Waals surface area contributed by atoms with Crippen LogP contribution in [0.2, 0.25) is 0 Å². The quantitative estimate of drug-likeness (QED) is 0.261. The molecule has 0 radical (unpaired) electrons. The zero-order chi connectivity index (χ0) is 18.3. The molecule has 0 bridgehead atoms. The average Bonchev–Trinajstić information content (AvgIpc) is 2.57. The highest BCUT2D eigenvalue weighted by Gasteiger charge is 2.28. The molecule has 0 amide bonds. The monoisotopic (exact) mass is 513 g/mol. The summed E-state index contributed by atoms with van der Waals surface area (Å²) in [5.41, 5.74) is 0. The molecule has 2 rings (SSSR count). The zero-order valence-electron chi connectivity index (χ0n) is 15.4. The molecule has 0 atom stereocenters. The van der Waals surface area contributed by atoms with Gasteiger partial charge in [0.2, 0.25) is 10.0 Å². The second-order valence-corrected chi connectivity index (χ2v) is 9.92. The summed E-state index contributed by atoms with van der Waals surface area (Å²) >= 11 is 1.97. The first kappa shape index (κ1) is 23.4. The maximum absolute atomic E-state index is 12.2. The van der Waals surface area contributed by atoms with Crippen LogP contribution in [-0.4, -0.2) is 67.5 Å². The van der Waals surface area contributed by atoms with Crippen molar-refractivity contribution in [1.82, 2.24) is 19.9 Å². The molecule has 0 saturated carbocycles. The Morgan fingerprint density at radius 2 is 2.23 bits per heavy atom. The van der Waals surface area contributed by atoms with E-state index in [0.717, 1.165) is 31.3 Å². The Bertz CT molecular complexity index is 683. The molecule has 1 aliphatic heterocycles. The Morgan fingerprint density at radius 3 is 2.85 bits per heavy atom. The van der Waals surface area contributed by atoms with E-state index in [4.69, 9.17) is 0 Å². The van der Waals surface area contributed by atoms with Crippen LogP contribution in [-0.2, 0) is 10.0 Å². The molecular weight excluding hydrogens is 485 g/mol. The maximum atomic E-state index is 12.2. The van der Waals surface area contributed by atoms with E-state index in [-0.39, 0.29) is 40.2 Å². The molecule has 0 aromatic carbocycles. The van der Waals surface area contributed by atoms with Gasteiger partial charge < -0.3 is 10.2 Å². The number of guanidine groups is 1. The molecule has 7 nitrogen and oxygen atoms in total. The Hall–Kier alpha value is -0.590. The molecule has 1 aromatic rings. The van der Waals surface area contributed by atoms with E-state index in [9.17, 15) is 8.42 Å². The van der Waals surface area contributed by atoms with Crippen LogP contribution >= 0.6 is 35.7 Å². The van der Waals surface area contributed by atoms with Crippen LogP contribution in [0.4, 0.5) is 0 Å². The number of aliphatic imine (C=N–C) groups is 1. The fourth-order valence-electron chi connectivity index (χ4n) is 2.55. The number of thioether (sulfide) groups is 1. The molecule has 10 heteroatoms. The molecule has 0 spiro atoms. The number of halogens is 1. The third kappa shape index (κ3) is 7.20. The van der Waals surface area contributed by atoms with Gasteiger partial charge in [0, 0.05) is 49.1 Å². The number of hydrogen-bond donors (Lipinski definition) is 2. The van der Waals surface area contributed by atoms with Crippen LogP contribution < -0.4 is 10.0 Å². The van der Waals surface area contributed by atoms with Gasteiger partial charge in [0.25, 0.3) is 0 Å². The van der Waals surface area contributed by atoms with E-state index in [0.29, 0.717) is 6.54 Å². The lowest BCUT2D eigenvalue weighted by atomic mass is 10.2. The normalized spacial score (nSPS) is 17.5. The average molecular weight is 513 g/mol. The van der Waals surface area contributed by atoms with Crippen molar-refractivity contribution in [2.45, 2.75) is 30.4 Å². The van der Waals surface area contributed by atoms with Gasteiger partial charge in [-0.2, -0.15) is 11.8 Å². The van der Waals surface area contributed by atoms with Crippen LogP contribution in [0.3, 0.4) is 0 Å². The Morgan fingerprint density at radius 1 is 1.46 bits per heavy atom. The molecule has 1 saturated heterocycles. The molecule has 1 aromatic heterocycles. The van der Waals surface area contributed by atoms with Crippen molar-refractivity contribution in [3.63, 3.8) is 0 Å². The number of nitrogens with zero attached hydrogens (tertiary/aromatic N) is 3. The lowest BCUT2D eigenvalue weighted by Crippen LogP contribution is -2.51. The van der Waals surface area contributed by atoms with Crippen LogP contribution in [0.5, 0.6) is 0 Å². The van der Waals surface area contributed by atoms with Crippen molar-refractivity contribution >= 4 is 51.7 Å². The van der Waals surface area contributed by atoms with Gasteiger partial charge in [-0.1, -0.05) is 0 Å². The van der Waals surface area contributed by atoms with Crippen molar-refractivity contribution in [3.05, 3.63) is 24.5 Å². The highest BCUT2D eigenvalue weighted by Crippen LogP contribution is 2.29. The topological polar surface area (TPSA) is 86.7 Å². The third-order valence-electron chi connectivity index (χ3n) is 3.67. The van der Waals surface area contributed by atoms with Gasteiger partial charge in [0.15, 0.2) is 5.96 Å². The molecule has 0 aliphatic carbocycles. The lowest BCUT2D eigenvalue weighted by Gasteiger charge is -2.39. The van der Waals surface area contributed by atoms with E-state index in [2.05, 4.69) is 38.8 Å². The van der Waals surface area contributed by atoms with Crippen molar-refractivity contribution in [2.24, 2.45) is 4.99 Å². The fourth-order valence-corrected chi connectivity index (χ4v) is 4.65. The predicted molar refractivity (Wildman–Crippen MR) is 119 cm³/mol. The summed E-state index contributed by atoms with van der Waals surface area (Å²) in [6, 6.07) is 3.13. The minimum absolute atomic E-state index is 0. The zero-order valence-corrected chi connectivity index (χ0v) is 19.4. The minimum Gasteiger partial charge on any atom is -0.357 e. The first-order valence-corrected chi connectivity index (χ1v) is 10.9. The Kier molecular flexibility index (Phi) is 9.62. The molecular formula is C16H28IN5O2S2. The van der Waals surface area contributed by atoms with Crippen molar-refractivity contribution < 1.29 is 8.42 Å². The third-order valence-corrected chi connectivity index (χ3v) is 6.41. The van der Waals surface area contributed by atoms with Gasteiger partial charge in [-0.15, -0.1) is 24.0 Å². The summed E-state index contributed by atoms with van der Waals surface area (Å²) in [6.45, 7) is 9.77. The fraction of sp³-hybridized carbons (Fsp3) is 0.625. The highest BCUT2D eigenvalue weighted by molar-refractivity contribution is 14.0. The summed E-state index contributed by atoms with van der Waals surface area (Å²) in [5.74, 6) is 1.90. The van der Waals surface area contributed by atoms with E-state index >= 15 is 0 Å². The van der Waals surface area contributed by atoms with Gasteiger partial charge in [0.05, 0.1) is 6.54 Å². The van der Waals surface area contributed by atoms with Crippen LogP contribution in [0.1, 0.15) is 20.8 Å². The van der Waals surface area contributed by atoms with Crippen LogP contribution in [0.15, 0.2) is 34.4 Å². The molecule has 1 aliphatic rings. The number of pyridine rings is 1. The number of aromatic nitrogens is 1. The standard InChI is InChI=1S/C16H27N5O2S2.HI/c1-4-18-15(21-10-11-24-16(2,3)13-21)19-8-9-20-25(22,23)14-6-5-7-17-12-14;/h5-7,12,20H,4,8-11,13H2,1-3H3,(H,18,19);1H. The maximum Gasteiger partial charge on any atom is 0.242 e. The van der Waals surface area contributed by atoms with E-state index < -0.39 is 10.0 Å². The van der Waals surface area contributed by atoms with Crippen molar-refractivity contribution in [1.29, 1.82) is 0 Å². The summed E-state index contributed by atoms with van der Waals surface area (Å²) in [4.78, 5) is 10.8. The van der Waals surface area contributed by atoms with Crippen molar-refractivity contribution in [2.75, 3.05) is 38.5 Å². The number of rotatable bonds is 6. The van der Waals surface area contributed by atoms with Gasteiger partial charge in [-0.25, -0.2) is 13.1 Å². The number of hydrogen-bond acceptors (Lipinski definition) is 5. The van der Waals surface area contributed by atoms with Gasteiger partial charge in [-0.05, 0) is 32.9 Å². The summed E-state index contributed by atoms with van der Waals surface area (Å²) in [7, 11) is -3.53. The Balaban J connectivity index is 0.00000338. The minimum atomic E-state index is -3.53. The Labute approximate surface area is 177 Å². The van der Waals surface area contributed by atoms with Gasteiger partial charge >= 0.3 is 0 Å². The number of nitrogens with one attached hydrogen (secondary N) is 2. The molecule has 26 heavy (non-hydrogen) atoms. The van der Waals surface area contributed by atoms with E-state index in [1.807, 2.05) is 18.7 Å². The molecule has 0 unspecified atom stereocenters. The van der Waals surface area contributed by atoms with Gasteiger partial charge in [0.1, 0.15) is 4.90 Å². The highest BCUT2D eigenvalue weighted by atomic mass is 127. The van der Waals surface area contributed by atoms with Crippen LogP contribution in [0, 0.1) is 0 Å². The largest absolute Gasteiger partial charge is 0.357 e. The molecule has 148 valence electrons. The molecule has 1 fully saturated rings. The van der Waals surface area contributed by atoms with E-state index in [1.54, 1.807) is 12.3 Å². The smallest absolute Gasteiger partial charge is 0.242 e. The second-order valence-electron chi connectivity index (χ2n) is 6.35. The SMILES string of the molecule is CCNC(=NCCNS(=O)(=O)c1cccnc1)N1CCSC(C)(C)C1.I. The second kappa shape index (κ2) is 10.7. The number of sulfonamides is 1. The summed E-state index contributed by atoms with van der Waals surface area (Å²) in [6.07, 6.45) is 2.88. The van der Waals surface area contributed by atoms with E-state index in [1.165, 1.54) is 12.3 Å². The van der Waals surface area contributed by atoms with Crippen molar-refractivity contribution in [3.8, 4) is 0 Å². The summed E-state index contributed by atoms with van der Waals surface area (Å²) in [5, 5.41) is 3.30. The predicted octanol–water partition coefficient (Wildman–Crippen LogP) is 1.77. The first-order chi connectivity index (χ1) is 11.8. The lowest BCUT2D eigenvalue weighted by molar-refractivity contribution is 0.376. The molecule has 2 N–H and O–H groups in total.